The van der Waals surface area contributed by atoms with Gasteiger partial charge in [0, 0.05) is 60.6 Å². The number of amides is 2. The van der Waals surface area contributed by atoms with E-state index in [1.54, 1.807) is 42.5 Å². The van der Waals surface area contributed by atoms with Gasteiger partial charge in [-0.2, -0.15) is 26.8 Å². The zero-order chi connectivity index (χ0) is 63.9. The van der Waals surface area contributed by atoms with Crippen molar-refractivity contribution in [2.45, 2.75) is 121 Å². The van der Waals surface area contributed by atoms with Gasteiger partial charge >= 0.3 is 14.3 Å². The van der Waals surface area contributed by atoms with Gasteiger partial charge < -0.3 is 51.6 Å². The fourth-order valence-electron chi connectivity index (χ4n) is 10.4. The molecule has 2 fully saturated rings. The van der Waals surface area contributed by atoms with Crippen LogP contribution in [0.15, 0.2) is 123 Å². The molecule has 8 atom stereocenters. The second-order valence-corrected chi connectivity index (χ2v) is 24.8. The molecular formula is C61H71N11O15P2S. The highest BCUT2D eigenvalue weighted by molar-refractivity contribution is 7.44. The summed E-state index contributed by atoms with van der Waals surface area (Å²) in [7, 11) is -1.11. The Morgan fingerprint density at radius 3 is 2.01 bits per heavy atom. The number of carbonyl (C=O) groups excluding carboxylic acids is 2. The number of aromatic nitrogens is 6. The number of benzene rings is 3. The molecule has 9 rings (SSSR count). The molecule has 2 aliphatic rings. The number of rotatable bonds is 31. The van der Waals surface area contributed by atoms with E-state index in [0.29, 0.717) is 17.1 Å². The first kappa shape index (κ1) is 66.8. The number of H-pyrrole nitrogens is 2. The number of anilines is 1. The molecule has 6 heterocycles. The minimum Gasteiger partial charge on any atom is -0.497 e. The Morgan fingerprint density at radius 2 is 1.40 bits per heavy atom. The van der Waals surface area contributed by atoms with E-state index in [-0.39, 0.29) is 106 Å². The van der Waals surface area contributed by atoms with Crippen molar-refractivity contribution in [2.24, 2.45) is 0 Å². The number of hydrogen-bond acceptors (Lipinski definition) is 21. The summed E-state index contributed by atoms with van der Waals surface area (Å²) in [6, 6.07) is 30.5. The van der Waals surface area contributed by atoms with Gasteiger partial charge in [-0.3, -0.25) is 43.6 Å². The maximum Gasteiger partial charge on any atom is 0.333 e. The number of aromatic amines is 2. The first-order chi connectivity index (χ1) is 43.5. The fourth-order valence-corrected chi connectivity index (χ4v) is 14.0. The lowest BCUT2D eigenvalue weighted by Gasteiger charge is -2.37. The number of methoxy groups -OCH3 is 2. The lowest BCUT2D eigenvalue weighted by molar-refractivity contribution is -0.116. The summed E-state index contributed by atoms with van der Waals surface area (Å²) in [5.41, 5.74) is -0.248. The van der Waals surface area contributed by atoms with Crippen molar-refractivity contribution in [3.05, 3.63) is 167 Å². The van der Waals surface area contributed by atoms with Gasteiger partial charge in [-0.15, -0.1) is 0 Å². The zero-order valence-corrected chi connectivity index (χ0v) is 53.2. The second-order valence-electron chi connectivity index (χ2n) is 21.4. The summed E-state index contributed by atoms with van der Waals surface area (Å²) in [5, 5.41) is 28.1. The lowest BCUT2D eigenvalue weighted by Crippen LogP contribution is -2.38. The van der Waals surface area contributed by atoms with E-state index < -0.39 is 82.3 Å². The summed E-state index contributed by atoms with van der Waals surface area (Å²) in [5.74, 6) is 0.191. The average molecular weight is 1290 g/mol. The monoisotopic (exact) mass is 1290 g/mol. The number of carbonyl (C=O) groups is 2. The molecule has 7 aromatic rings. The minimum absolute atomic E-state index is 0.0106. The highest BCUT2D eigenvalue weighted by Gasteiger charge is 2.46. The largest absolute Gasteiger partial charge is 0.497 e. The van der Waals surface area contributed by atoms with Crippen molar-refractivity contribution in [1.82, 2.24) is 39.1 Å². The predicted molar refractivity (Wildman–Crippen MR) is 333 cm³/mol. The van der Waals surface area contributed by atoms with Crippen LogP contribution in [0.25, 0.3) is 11.2 Å². The molecule has 3 aromatic carbocycles. The fraction of sp³-hybridized carbons (Fsp3) is 0.426. The lowest BCUT2D eigenvalue weighted by atomic mass is 9.80. The van der Waals surface area contributed by atoms with Crippen LogP contribution in [0.2, 0.25) is 0 Å². The zero-order valence-electron chi connectivity index (χ0n) is 50.6. The number of fused-ring (bicyclic) bond motifs is 1. The van der Waals surface area contributed by atoms with E-state index in [4.69, 9.17) is 46.3 Å². The quantitative estimate of drug-likeness (QED) is 0.0179. The topological polar surface area (TPSA) is 320 Å². The van der Waals surface area contributed by atoms with Crippen LogP contribution in [0.4, 0.5) is 5.95 Å². The molecule has 476 valence electrons. The molecule has 4 aromatic heterocycles. The second kappa shape index (κ2) is 31.4. The number of nitriles is 2. The third-order valence-corrected chi connectivity index (χ3v) is 18.8. The van der Waals surface area contributed by atoms with Gasteiger partial charge in [0.25, 0.3) is 25.6 Å². The van der Waals surface area contributed by atoms with Crippen molar-refractivity contribution in [2.75, 3.05) is 52.5 Å². The van der Waals surface area contributed by atoms with Crippen LogP contribution in [-0.2, 0) is 47.2 Å². The molecule has 0 spiro atoms. The minimum atomic E-state index is -2.43. The number of nitrogens with one attached hydrogen (secondary N) is 4. The molecule has 4 N–H and O–H groups in total. The number of aryl methyl sites for hydroxylation is 1. The van der Waals surface area contributed by atoms with Gasteiger partial charge in [-0.1, -0.05) is 54.6 Å². The first-order valence-electron chi connectivity index (χ1n) is 29.1. The maximum atomic E-state index is 13.7. The molecular weight excluding hydrogens is 1220 g/mol. The molecule has 0 bridgehead atoms. The highest BCUT2D eigenvalue weighted by atomic mass is 32.1. The molecule has 29 heteroatoms. The summed E-state index contributed by atoms with van der Waals surface area (Å²) in [4.78, 5) is 79.5. The van der Waals surface area contributed by atoms with E-state index in [1.165, 1.54) is 28.4 Å². The SMILES string of the molecule is COc1ccc(C(OC[C@H]2OC(n3cnc4c(=O)[nH]c(NC(=O)CCNC(=O)c5ccsc5)nc43)CC2OP(OCCC#N)OC[C@H]2O[C@@H](n3cc(C)c(=O)[nH]c3=O)CC2OP(OCCC#N)N(C(C)C)C(C)C)(c2ccccc2)c2ccc(OC)cc2)cc1. The molecule has 2 saturated heterocycles. The van der Waals surface area contributed by atoms with Gasteiger partial charge in [-0.05, 0) is 87.0 Å². The van der Waals surface area contributed by atoms with E-state index in [1.807, 2.05) is 107 Å². The summed E-state index contributed by atoms with van der Waals surface area (Å²) in [6.45, 7) is 9.15. The Labute approximate surface area is 525 Å². The normalized spacial score (nSPS) is 19.0. The molecule has 26 nitrogen and oxygen atoms in total. The van der Waals surface area contributed by atoms with Crippen LogP contribution in [0.3, 0.4) is 0 Å². The molecule has 5 unspecified atom stereocenters. The van der Waals surface area contributed by atoms with Crippen LogP contribution in [0.1, 0.15) is 105 Å². The van der Waals surface area contributed by atoms with Crippen LogP contribution < -0.4 is 36.9 Å². The smallest absolute Gasteiger partial charge is 0.333 e. The van der Waals surface area contributed by atoms with Gasteiger partial charge in [0.05, 0.1) is 84.2 Å². The van der Waals surface area contributed by atoms with Gasteiger partial charge in [0.1, 0.15) is 41.8 Å². The van der Waals surface area contributed by atoms with Crippen LogP contribution in [-0.4, -0.2) is 129 Å². The maximum absolute atomic E-state index is 13.7. The number of imidazole rings is 1. The summed E-state index contributed by atoms with van der Waals surface area (Å²) in [6.07, 6.45) is -2.68. The Bertz CT molecular complexity index is 3730. The molecule has 2 aliphatic heterocycles. The Morgan fingerprint density at radius 1 is 0.789 bits per heavy atom. The summed E-state index contributed by atoms with van der Waals surface area (Å²) >= 11 is 1.37. The number of thiophene rings is 1. The van der Waals surface area contributed by atoms with Crippen LogP contribution in [0, 0.1) is 29.6 Å². The van der Waals surface area contributed by atoms with Gasteiger partial charge in [0.2, 0.25) is 11.9 Å². The molecule has 90 heavy (non-hydrogen) atoms. The number of nitrogens with zero attached hydrogens (tertiary/aromatic N) is 7. The Hall–Kier alpha value is -7.59. The Balaban J connectivity index is 1.06. The van der Waals surface area contributed by atoms with Crippen molar-refractivity contribution >= 4 is 57.4 Å². The standard InChI is InChI=1S/C61H71N11O15P2S/c1-38(2)72(39(3)4)88(81-28-11-25-62)86-47-31-52(70-33-40(5)56(74)69-60(70)77)85-50(47)35-83-89(82-29-12-26-63)87-48-32-53(71-37-65-54-55(71)67-59(68-58(54)76)66-51(73)23-27-64-57(75)41-24-30-90-36-41)84-49(48)34-80-61(42-13-9-8-10-14-42,43-15-19-45(78-6)20-16-43)44-17-21-46(79-7)22-18-44/h8-10,13-22,24,30,33,36-39,47-50,52-53H,11-12,23,27-29,31-32,34-35H2,1-7H3,(H,64,75)(H,69,74,77)(H2,66,67,68,73,76)/t47?,48?,49-,50-,52-,53?,88?,89?/m1/s1. The predicted octanol–water partition coefficient (Wildman–Crippen LogP) is 8.62. The number of hydrogen-bond donors (Lipinski definition) is 4. The summed E-state index contributed by atoms with van der Waals surface area (Å²) < 4.78 is 70.2. The average Bonchev–Trinajstić information content (AvgIpc) is 1.07. The Kier molecular flexibility index (Phi) is 23.3. The van der Waals surface area contributed by atoms with Crippen LogP contribution >= 0.6 is 28.5 Å². The van der Waals surface area contributed by atoms with Crippen molar-refractivity contribution in [1.29, 1.82) is 10.5 Å². The first-order valence-corrected chi connectivity index (χ1v) is 32.2. The molecule has 0 saturated carbocycles. The molecule has 2 amide bonds. The van der Waals surface area contributed by atoms with Gasteiger partial charge in [-0.25, -0.2) is 14.4 Å². The third-order valence-electron chi connectivity index (χ3n) is 14.7. The van der Waals surface area contributed by atoms with Gasteiger partial charge in [0.15, 0.2) is 11.2 Å². The third kappa shape index (κ3) is 16.1. The van der Waals surface area contributed by atoms with Crippen molar-refractivity contribution < 1.29 is 55.9 Å². The van der Waals surface area contributed by atoms with Crippen molar-refractivity contribution in [3.63, 3.8) is 0 Å². The molecule has 0 aliphatic carbocycles. The molecule has 0 radical (unpaired) electrons. The van der Waals surface area contributed by atoms with E-state index in [0.717, 1.165) is 16.7 Å². The van der Waals surface area contributed by atoms with E-state index in [9.17, 15) is 34.5 Å². The van der Waals surface area contributed by atoms with E-state index >= 15 is 0 Å². The highest BCUT2D eigenvalue weighted by Crippen LogP contribution is 2.52. The van der Waals surface area contributed by atoms with E-state index in [2.05, 4.69) is 47.4 Å². The van der Waals surface area contributed by atoms with Crippen LogP contribution in [0.5, 0.6) is 11.5 Å². The van der Waals surface area contributed by atoms with Crippen molar-refractivity contribution in [3.8, 4) is 23.6 Å². The number of ether oxygens (including phenoxy) is 5.